The van der Waals surface area contributed by atoms with Crippen LogP contribution in [0.3, 0.4) is 0 Å². The minimum atomic E-state index is -0.932. The van der Waals surface area contributed by atoms with E-state index in [9.17, 15) is 4.79 Å². The zero-order valence-electron chi connectivity index (χ0n) is 9.38. The van der Waals surface area contributed by atoms with Crippen molar-refractivity contribution in [3.05, 3.63) is 28.8 Å². The number of aryl methyl sites for hydroxylation is 1. The van der Waals surface area contributed by atoms with Gasteiger partial charge in [0.1, 0.15) is 5.75 Å². The zero-order chi connectivity index (χ0) is 13.1. The lowest BCUT2D eigenvalue weighted by atomic mass is 10.1. The van der Waals surface area contributed by atoms with Crippen LogP contribution in [-0.2, 0) is 4.79 Å². The Hall–Kier alpha value is -1.53. The van der Waals surface area contributed by atoms with Gasteiger partial charge in [0.15, 0.2) is 0 Å². The van der Waals surface area contributed by atoms with Crippen LogP contribution < -0.4 is 0 Å². The average Bonchev–Trinajstić information content (AvgIpc) is 2.78. The zero-order valence-corrected chi connectivity index (χ0v) is 11.0. The highest BCUT2D eigenvalue weighted by molar-refractivity contribution is 7.99. The van der Waals surface area contributed by atoms with Gasteiger partial charge in [0, 0.05) is 10.6 Å². The van der Waals surface area contributed by atoms with E-state index in [-0.39, 0.29) is 11.0 Å². The summed E-state index contributed by atoms with van der Waals surface area (Å²) < 4.78 is 5.37. The first-order chi connectivity index (χ1) is 8.56. The van der Waals surface area contributed by atoms with E-state index in [0.717, 1.165) is 22.9 Å². The molecule has 0 bridgehead atoms. The van der Waals surface area contributed by atoms with Gasteiger partial charge in [0.2, 0.25) is 5.89 Å². The van der Waals surface area contributed by atoms with Crippen LogP contribution in [0.5, 0.6) is 0 Å². The molecule has 0 spiro atoms. The number of nitrogens with zero attached hydrogens (tertiary/aromatic N) is 2. The maximum atomic E-state index is 10.4. The summed E-state index contributed by atoms with van der Waals surface area (Å²) in [5.41, 5.74) is 1.70. The van der Waals surface area contributed by atoms with Crippen LogP contribution in [0.2, 0.25) is 5.02 Å². The van der Waals surface area contributed by atoms with Crippen LogP contribution >= 0.6 is 23.4 Å². The summed E-state index contributed by atoms with van der Waals surface area (Å²) in [6, 6.07) is 5.36. The number of carbonyl (C=O) groups is 1. The van der Waals surface area contributed by atoms with Gasteiger partial charge in [-0.25, -0.2) is 0 Å². The van der Waals surface area contributed by atoms with E-state index in [1.807, 2.05) is 13.0 Å². The van der Waals surface area contributed by atoms with Crippen LogP contribution in [0.15, 0.2) is 27.8 Å². The maximum absolute atomic E-state index is 10.4. The van der Waals surface area contributed by atoms with Crippen molar-refractivity contribution in [1.29, 1.82) is 0 Å². The summed E-state index contributed by atoms with van der Waals surface area (Å²) in [7, 11) is 0. The van der Waals surface area contributed by atoms with E-state index >= 15 is 0 Å². The molecule has 1 aromatic heterocycles. The number of benzene rings is 1. The van der Waals surface area contributed by atoms with Gasteiger partial charge in [-0.2, -0.15) is 0 Å². The van der Waals surface area contributed by atoms with Crippen molar-refractivity contribution in [3.8, 4) is 11.5 Å². The molecule has 0 saturated heterocycles. The van der Waals surface area contributed by atoms with Crippen molar-refractivity contribution in [2.24, 2.45) is 0 Å². The van der Waals surface area contributed by atoms with Gasteiger partial charge in [-0.15, -0.1) is 10.2 Å². The van der Waals surface area contributed by atoms with Crippen molar-refractivity contribution < 1.29 is 14.3 Å². The highest BCUT2D eigenvalue weighted by atomic mass is 35.5. The Kier molecular flexibility index (Phi) is 3.88. The molecule has 94 valence electrons. The third kappa shape index (κ3) is 3.02. The summed E-state index contributed by atoms with van der Waals surface area (Å²) in [6.07, 6.45) is 0. The Bertz CT molecular complexity index is 585. The Morgan fingerprint density at radius 1 is 1.50 bits per heavy atom. The topological polar surface area (TPSA) is 76.2 Å². The van der Waals surface area contributed by atoms with Crippen LogP contribution in [-0.4, -0.2) is 27.0 Å². The van der Waals surface area contributed by atoms with E-state index in [2.05, 4.69) is 10.2 Å². The molecular weight excluding hydrogens is 276 g/mol. The van der Waals surface area contributed by atoms with Gasteiger partial charge in [0.05, 0.1) is 0 Å². The molecule has 1 N–H and O–H groups in total. The third-order valence-corrected chi connectivity index (χ3v) is 3.19. The van der Waals surface area contributed by atoms with E-state index in [1.54, 1.807) is 12.1 Å². The number of thioether (sulfide) groups is 1. The maximum Gasteiger partial charge on any atom is 0.314 e. The van der Waals surface area contributed by atoms with Crippen molar-refractivity contribution >= 4 is 29.3 Å². The predicted molar refractivity (Wildman–Crippen MR) is 67.8 cm³/mol. The molecule has 0 aliphatic carbocycles. The minimum absolute atomic E-state index is 0.115. The highest BCUT2D eigenvalue weighted by Crippen LogP contribution is 2.27. The molecule has 5 nitrogen and oxygen atoms in total. The highest BCUT2D eigenvalue weighted by Gasteiger charge is 2.12. The number of carboxylic acid groups (broad SMARTS) is 1. The van der Waals surface area contributed by atoms with Gasteiger partial charge < -0.3 is 9.52 Å². The first kappa shape index (κ1) is 12.9. The fourth-order valence-electron chi connectivity index (χ4n) is 1.33. The summed E-state index contributed by atoms with van der Waals surface area (Å²) in [4.78, 5) is 10.4. The molecule has 0 fully saturated rings. The average molecular weight is 285 g/mol. The molecule has 18 heavy (non-hydrogen) atoms. The molecule has 0 amide bonds. The predicted octanol–water partition coefficient (Wildman–Crippen LogP) is 2.88. The van der Waals surface area contributed by atoms with Gasteiger partial charge in [0.25, 0.3) is 5.22 Å². The van der Waals surface area contributed by atoms with Gasteiger partial charge >= 0.3 is 5.97 Å². The molecule has 0 unspecified atom stereocenters. The van der Waals surface area contributed by atoms with Crippen molar-refractivity contribution in [1.82, 2.24) is 10.2 Å². The smallest absolute Gasteiger partial charge is 0.314 e. The van der Waals surface area contributed by atoms with Crippen LogP contribution in [0.1, 0.15) is 5.56 Å². The van der Waals surface area contributed by atoms with Crippen LogP contribution in [0.4, 0.5) is 0 Å². The second kappa shape index (κ2) is 5.41. The molecule has 1 heterocycles. The Balaban J connectivity index is 2.23. The molecule has 2 aromatic rings. The SMILES string of the molecule is Cc1ccc(Cl)cc1-c1nnc(SCC(=O)O)o1. The van der Waals surface area contributed by atoms with E-state index < -0.39 is 5.97 Å². The largest absolute Gasteiger partial charge is 0.481 e. The molecule has 0 aliphatic heterocycles. The molecule has 7 heteroatoms. The van der Waals surface area contributed by atoms with E-state index in [0.29, 0.717) is 10.9 Å². The normalized spacial score (nSPS) is 10.6. The Morgan fingerprint density at radius 3 is 3.00 bits per heavy atom. The molecule has 1 aromatic carbocycles. The van der Waals surface area contributed by atoms with Gasteiger partial charge in [-0.3, -0.25) is 4.79 Å². The number of hydrogen-bond donors (Lipinski definition) is 1. The lowest BCUT2D eigenvalue weighted by Crippen LogP contribution is -1.97. The fourth-order valence-corrected chi connectivity index (χ4v) is 1.98. The van der Waals surface area contributed by atoms with Crippen molar-refractivity contribution in [3.63, 3.8) is 0 Å². The number of hydrogen-bond acceptors (Lipinski definition) is 5. The summed E-state index contributed by atoms with van der Waals surface area (Å²) in [5.74, 6) is -0.711. The van der Waals surface area contributed by atoms with Crippen molar-refractivity contribution in [2.75, 3.05) is 5.75 Å². The lowest BCUT2D eigenvalue weighted by molar-refractivity contribution is -0.133. The first-order valence-corrected chi connectivity index (χ1v) is 6.37. The first-order valence-electron chi connectivity index (χ1n) is 5.01. The van der Waals surface area contributed by atoms with Gasteiger partial charge in [-0.05, 0) is 24.6 Å². The summed E-state index contributed by atoms with van der Waals surface area (Å²) in [5, 5.41) is 17.0. The Labute approximate surface area is 112 Å². The van der Waals surface area contributed by atoms with E-state index in [4.69, 9.17) is 21.1 Å². The second-order valence-corrected chi connectivity index (χ2v) is 4.88. The lowest BCUT2D eigenvalue weighted by Gasteiger charge is -2.00. The quantitative estimate of drug-likeness (QED) is 0.870. The van der Waals surface area contributed by atoms with Crippen molar-refractivity contribution in [2.45, 2.75) is 12.1 Å². The summed E-state index contributed by atoms with van der Waals surface area (Å²) >= 11 is 6.88. The third-order valence-electron chi connectivity index (χ3n) is 2.16. The molecule has 0 saturated carbocycles. The molecule has 2 rings (SSSR count). The van der Waals surface area contributed by atoms with Crippen LogP contribution in [0.25, 0.3) is 11.5 Å². The summed E-state index contributed by atoms with van der Waals surface area (Å²) in [6.45, 7) is 1.90. The molecule has 0 radical (unpaired) electrons. The van der Waals surface area contributed by atoms with E-state index in [1.165, 1.54) is 0 Å². The number of rotatable bonds is 4. The minimum Gasteiger partial charge on any atom is -0.481 e. The molecular formula is C11H9ClN2O3S. The number of aliphatic carboxylic acids is 1. The monoisotopic (exact) mass is 284 g/mol. The number of halogens is 1. The second-order valence-electron chi connectivity index (χ2n) is 3.51. The number of aromatic nitrogens is 2. The van der Waals surface area contributed by atoms with Crippen LogP contribution in [0, 0.1) is 6.92 Å². The fraction of sp³-hybridized carbons (Fsp3) is 0.182. The van der Waals surface area contributed by atoms with Gasteiger partial charge in [-0.1, -0.05) is 29.4 Å². The molecule has 0 aliphatic rings. The number of carboxylic acids is 1. The molecule has 0 atom stereocenters. The standard InChI is InChI=1S/C11H9ClN2O3S/c1-6-2-3-7(12)4-8(6)10-13-14-11(17-10)18-5-9(15)16/h2-4H,5H2,1H3,(H,15,16). The Morgan fingerprint density at radius 2 is 2.28 bits per heavy atom.